The number of aliphatic hydroxyl groups is 1. The average Bonchev–Trinajstić information content (AvgIpc) is 2.35. The van der Waals surface area contributed by atoms with Crippen LogP contribution in [0.25, 0.3) is 0 Å². The lowest BCUT2D eigenvalue weighted by molar-refractivity contribution is -0.139. The van der Waals surface area contributed by atoms with Gasteiger partial charge >= 0.3 is 11.9 Å². The molecule has 0 aliphatic heterocycles. The van der Waals surface area contributed by atoms with Crippen LogP contribution in [0.2, 0.25) is 0 Å². The van der Waals surface area contributed by atoms with Crippen LogP contribution in [0.4, 0.5) is 0 Å². The molecule has 0 aliphatic carbocycles. The van der Waals surface area contributed by atoms with Crippen LogP contribution < -0.4 is 0 Å². The van der Waals surface area contributed by atoms with Crippen LogP contribution in [0.5, 0.6) is 0 Å². The van der Waals surface area contributed by atoms with Gasteiger partial charge in [-0.15, -0.1) is 0 Å². The second-order valence-electron chi connectivity index (χ2n) is 3.53. The Labute approximate surface area is 113 Å². The van der Waals surface area contributed by atoms with Crippen LogP contribution in [-0.4, -0.2) is 60.3 Å². The summed E-state index contributed by atoms with van der Waals surface area (Å²) in [6.45, 7) is 4.36. The molecule has 0 atom stereocenters. The number of hydrogen-bond acceptors (Lipinski definition) is 5. The Hall–Kier alpha value is -1.18. The number of ether oxygens (including phenoxy) is 2. The van der Waals surface area contributed by atoms with E-state index in [2.05, 4.69) is 0 Å². The summed E-state index contributed by atoms with van der Waals surface area (Å²) < 4.78 is 9.88. The van der Waals surface area contributed by atoms with E-state index in [0.29, 0.717) is 32.7 Å². The fourth-order valence-corrected chi connectivity index (χ4v) is 0.981. The average molecular weight is 280 g/mol. The van der Waals surface area contributed by atoms with Crippen molar-refractivity contribution in [1.82, 2.24) is 0 Å². The zero-order chi connectivity index (χ0) is 14.9. The molecule has 0 fully saturated rings. The molecule has 0 amide bonds. The first-order valence-electron chi connectivity index (χ1n) is 6.24. The Morgan fingerprint density at radius 1 is 0.895 bits per heavy atom. The van der Waals surface area contributed by atoms with E-state index in [1.807, 2.05) is 6.92 Å². The van der Waals surface area contributed by atoms with Gasteiger partial charge in [-0.3, -0.25) is 9.59 Å². The van der Waals surface area contributed by atoms with Crippen molar-refractivity contribution in [3.63, 3.8) is 0 Å². The molecule has 0 saturated carbocycles. The van der Waals surface area contributed by atoms with Gasteiger partial charge in [0.2, 0.25) is 0 Å². The van der Waals surface area contributed by atoms with Crippen LogP contribution in [0.1, 0.15) is 32.6 Å². The van der Waals surface area contributed by atoms with Crippen molar-refractivity contribution in [1.29, 1.82) is 0 Å². The van der Waals surface area contributed by atoms with Gasteiger partial charge in [-0.25, -0.2) is 0 Å². The van der Waals surface area contributed by atoms with Crippen LogP contribution >= 0.6 is 0 Å². The van der Waals surface area contributed by atoms with Crippen molar-refractivity contribution >= 4 is 11.9 Å². The third-order valence-corrected chi connectivity index (χ3v) is 1.84. The van der Waals surface area contributed by atoms with E-state index in [9.17, 15) is 9.59 Å². The lowest BCUT2D eigenvalue weighted by Gasteiger charge is -2.00. The number of carboxylic acids is 2. The van der Waals surface area contributed by atoms with E-state index in [4.69, 9.17) is 24.8 Å². The second-order valence-corrected chi connectivity index (χ2v) is 3.53. The molecule has 7 heteroatoms. The van der Waals surface area contributed by atoms with Gasteiger partial charge in [-0.05, 0) is 19.8 Å². The molecule has 0 aromatic carbocycles. The summed E-state index contributed by atoms with van der Waals surface area (Å²) in [4.78, 5) is 19.8. The number of rotatable bonds is 11. The summed E-state index contributed by atoms with van der Waals surface area (Å²) in [6, 6.07) is 0. The lowest BCUT2D eigenvalue weighted by Crippen LogP contribution is -2.06. The van der Waals surface area contributed by atoms with Gasteiger partial charge < -0.3 is 24.8 Å². The molecule has 0 heterocycles. The van der Waals surface area contributed by atoms with Crippen LogP contribution in [-0.2, 0) is 19.1 Å². The van der Waals surface area contributed by atoms with Crippen molar-refractivity contribution < 1.29 is 34.4 Å². The van der Waals surface area contributed by atoms with E-state index in [1.165, 1.54) is 0 Å². The summed E-state index contributed by atoms with van der Waals surface area (Å²) in [5, 5.41) is 24.5. The van der Waals surface area contributed by atoms with Crippen LogP contribution in [0.15, 0.2) is 0 Å². The quantitative estimate of drug-likeness (QED) is 0.478. The number of carboxylic acid groups (broad SMARTS) is 2. The van der Waals surface area contributed by atoms with E-state index < -0.39 is 11.9 Å². The first-order chi connectivity index (χ1) is 9.04. The first kappa shape index (κ1) is 20.1. The summed E-state index contributed by atoms with van der Waals surface area (Å²) in [5.41, 5.74) is 0. The maximum absolute atomic E-state index is 9.90. The molecular formula is C12H24O7. The molecule has 0 aliphatic rings. The molecule has 7 nitrogen and oxygen atoms in total. The number of unbranched alkanes of at least 4 members (excludes halogenated alkanes) is 1. The third-order valence-electron chi connectivity index (χ3n) is 1.84. The molecule has 19 heavy (non-hydrogen) atoms. The molecule has 0 saturated heterocycles. The highest BCUT2D eigenvalue weighted by atomic mass is 16.5. The summed E-state index contributed by atoms with van der Waals surface area (Å²) in [7, 11) is 0. The molecule has 0 unspecified atom stereocenters. The predicted molar refractivity (Wildman–Crippen MR) is 68.1 cm³/mol. The zero-order valence-electron chi connectivity index (χ0n) is 11.3. The standard InChI is InChI=1S/C6H10O4.C6H14O3/c7-5(8)3-1-2-4-6(9)10;1-2-8-5-6-9-4-3-7/h1-4H2,(H,7,8)(H,9,10);7H,2-6H2,1H3. The Balaban J connectivity index is 0. The summed E-state index contributed by atoms with van der Waals surface area (Å²) in [6.07, 6.45) is 1.02. The van der Waals surface area contributed by atoms with E-state index >= 15 is 0 Å². The normalized spacial score (nSPS) is 9.58. The molecule has 0 aromatic rings. The topological polar surface area (TPSA) is 113 Å². The maximum atomic E-state index is 9.90. The Bertz CT molecular complexity index is 196. The summed E-state index contributed by atoms with van der Waals surface area (Å²) in [5.74, 6) is -1.74. The van der Waals surface area contributed by atoms with Crippen LogP contribution in [0.3, 0.4) is 0 Å². The smallest absolute Gasteiger partial charge is 0.303 e. The summed E-state index contributed by atoms with van der Waals surface area (Å²) >= 11 is 0. The Kier molecular flexibility index (Phi) is 17.8. The molecule has 0 aromatic heterocycles. The second kappa shape index (κ2) is 16.8. The SMILES string of the molecule is CCOCCOCCO.O=C(O)CCCCC(=O)O. The predicted octanol–water partition coefficient (Wildman–Crippen LogP) is 0.748. The molecule has 0 spiro atoms. The first-order valence-corrected chi connectivity index (χ1v) is 6.24. The highest BCUT2D eigenvalue weighted by Gasteiger charge is 1.99. The molecule has 3 N–H and O–H groups in total. The molecular weight excluding hydrogens is 256 g/mol. The minimum Gasteiger partial charge on any atom is -0.481 e. The van der Waals surface area contributed by atoms with Crippen molar-refractivity contribution in [2.45, 2.75) is 32.6 Å². The molecule has 0 bridgehead atoms. The third kappa shape index (κ3) is 26.4. The van der Waals surface area contributed by atoms with Crippen molar-refractivity contribution in [2.75, 3.05) is 33.0 Å². The highest BCUT2D eigenvalue weighted by molar-refractivity contribution is 5.67. The van der Waals surface area contributed by atoms with E-state index in [0.717, 1.165) is 6.61 Å². The van der Waals surface area contributed by atoms with Crippen molar-refractivity contribution in [2.24, 2.45) is 0 Å². The van der Waals surface area contributed by atoms with Crippen molar-refractivity contribution in [3.8, 4) is 0 Å². The van der Waals surface area contributed by atoms with E-state index in [1.54, 1.807) is 0 Å². The number of carbonyl (C=O) groups is 2. The lowest BCUT2D eigenvalue weighted by atomic mass is 10.2. The zero-order valence-corrected chi connectivity index (χ0v) is 11.3. The van der Waals surface area contributed by atoms with Crippen LogP contribution in [0, 0.1) is 0 Å². The van der Waals surface area contributed by atoms with Crippen molar-refractivity contribution in [3.05, 3.63) is 0 Å². The monoisotopic (exact) mass is 280 g/mol. The van der Waals surface area contributed by atoms with Gasteiger partial charge in [0, 0.05) is 19.4 Å². The fourth-order valence-electron chi connectivity index (χ4n) is 0.981. The Morgan fingerprint density at radius 2 is 1.37 bits per heavy atom. The molecule has 0 rings (SSSR count). The van der Waals surface area contributed by atoms with Gasteiger partial charge in [0.1, 0.15) is 0 Å². The maximum Gasteiger partial charge on any atom is 0.303 e. The van der Waals surface area contributed by atoms with Gasteiger partial charge in [0.05, 0.1) is 26.4 Å². The molecule has 114 valence electrons. The van der Waals surface area contributed by atoms with Gasteiger partial charge in [-0.1, -0.05) is 0 Å². The number of hydrogen-bond donors (Lipinski definition) is 3. The number of aliphatic hydroxyl groups excluding tert-OH is 1. The number of aliphatic carboxylic acids is 2. The van der Waals surface area contributed by atoms with E-state index in [-0.39, 0.29) is 19.4 Å². The Morgan fingerprint density at radius 3 is 1.74 bits per heavy atom. The minimum absolute atomic E-state index is 0.0628. The van der Waals surface area contributed by atoms with Gasteiger partial charge in [-0.2, -0.15) is 0 Å². The molecule has 0 radical (unpaired) electrons. The minimum atomic E-state index is -0.870. The van der Waals surface area contributed by atoms with Gasteiger partial charge in [0.25, 0.3) is 0 Å². The highest BCUT2D eigenvalue weighted by Crippen LogP contribution is 1.98. The van der Waals surface area contributed by atoms with Gasteiger partial charge in [0.15, 0.2) is 0 Å². The fraction of sp³-hybridized carbons (Fsp3) is 0.833. The largest absolute Gasteiger partial charge is 0.481 e.